The van der Waals surface area contributed by atoms with Gasteiger partial charge in [-0.15, -0.1) is 0 Å². The number of hydrogen-bond acceptors (Lipinski definition) is 5. The molecule has 24 heavy (non-hydrogen) atoms. The van der Waals surface area contributed by atoms with E-state index in [1.807, 2.05) is 6.07 Å². The summed E-state index contributed by atoms with van der Waals surface area (Å²) in [7, 11) is 1.43. The molecule has 4 nitrogen and oxygen atoms in total. The summed E-state index contributed by atoms with van der Waals surface area (Å²) in [6.45, 7) is 0. The first-order chi connectivity index (χ1) is 11.5. The number of rotatable bonds is 7. The molecule has 0 amide bonds. The summed E-state index contributed by atoms with van der Waals surface area (Å²) in [5.74, 6) is -2.04. The number of furan rings is 1. The van der Waals surface area contributed by atoms with Crippen LogP contribution >= 0.6 is 11.8 Å². The molecule has 2 aromatic rings. The molecule has 1 aromatic heterocycles. The average molecular weight is 349 g/mol. The van der Waals surface area contributed by atoms with Crippen molar-refractivity contribution in [2.24, 2.45) is 0 Å². The summed E-state index contributed by atoms with van der Waals surface area (Å²) in [5, 5.41) is 9.24. The molecule has 0 saturated heterocycles. The second-order valence-electron chi connectivity index (χ2n) is 4.57. The number of methoxy groups -OCH3 is 1. The van der Waals surface area contributed by atoms with Gasteiger partial charge >= 0.3 is 0 Å². The molecule has 0 unspecified atom stereocenters. The first kappa shape index (κ1) is 17.8. The molecule has 2 rings (SSSR count). The number of ether oxygens (including phenoxy) is 1. The molecule has 7 heteroatoms. The van der Waals surface area contributed by atoms with Gasteiger partial charge in [-0.25, -0.2) is 0 Å². The maximum atomic E-state index is 12.5. The van der Waals surface area contributed by atoms with Crippen molar-refractivity contribution in [2.45, 2.75) is 11.5 Å². The largest absolute Gasteiger partial charge is 0.496 e. The zero-order valence-electron chi connectivity index (χ0n) is 12.7. The van der Waals surface area contributed by atoms with E-state index in [1.54, 1.807) is 24.3 Å². The number of para-hydroxylation sites is 1. The Kier molecular flexibility index (Phi) is 6.15. The van der Waals surface area contributed by atoms with Gasteiger partial charge in [0.15, 0.2) is 0 Å². The lowest BCUT2D eigenvalue weighted by Gasteiger charge is -2.05. The van der Waals surface area contributed by atoms with Crippen LogP contribution in [0.5, 0.6) is 5.75 Å². The van der Waals surface area contributed by atoms with Crippen LogP contribution in [0.3, 0.4) is 0 Å². The van der Waals surface area contributed by atoms with E-state index in [-0.39, 0.29) is 22.6 Å². The van der Waals surface area contributed by atoms with Gasteiger partial charge < -0.3 is 9.15 Å². The number of carbonyl (C=O) groups is 1. The number of allylic oxidation sites excluding steroid dienone is 1. The zero-order chi connectivity index (χ0) is 17.5. The first-order valence-corrected chi connectivity index (χ1v) is 7.88. The number of halogens is 2. The standard InChI is InChI=1S/C17H13F2NO3S/c1-22-15-5-3-2-4-14(15)16(21)11(9-20)8-12-6-7-13(23-12)10-24-17(18)19/h2-8,17H,10H2,1H3/b11-8+. The van der Waals surface area contributed by atoms with Crippen molar-refractivity contribution in [2.75, 3.05) is 7.11 Å². The molecule has 0 aliphatic carbocycles. The number of alkyl halides is 2. The minimum absolute atomic E-state index is 0.00779. The topological polar surface area (TPSA) is 63.2 Å². The Morgan fingerprint density at radius 3 is 2.79 bits per heavy atom. The van der Waals surface area contributed by atoms with E-state index in [0.717, 1.165) is 0 Å². The minimum atomic E-state index is -2.49. The molecule has 124 valence electrons. The molecular formula is C17H13F2NO3S. The summed E-state index contributed by atoms with van der Waals surface area (Å²) in [4.78, 5) is 12.5. The maximum Gasteiger partial charge on any atom is 0.284 e. The van der Waals surface area contributed by atoms with Crippen molar-refractivity contribution in [3.05, 3.63) is 59.1 Å². The second kappa shape index (κ2) is 8.31. The lowest BCUT2D eigenvalue weighted by molar-refractivity contribution is 0.103. The van der Waals surface area contributed by atoms with Crippen LogP contribution in [0, 0.1) is 11.3 Å². The second-order valence-corrected chi connectivity index (χ2v) is 5.55. The highest BCUT2D eigenvalue weighted by atomic mass is 32.2. The fourth-order valence-corrected chi connectivity index (χ4v) is 2.41. The lowest BCUT2D eigenvalue weighted by atomic mass is 10.0. The Balaban J connectivity index is 2.23. The normalized spacial score (nSPS) is 11.4. The Morgan fingerprint density at radius 1 is 1.38 bits per heavy atom. The van der Waals surface area contributed by atoms with Crippen molar-refractivity contribution in [1.82, 2.24) is 0 Å². The van der Waals surface area contributed by atoms with Crippen LogP contribution in [0.25, 0.3) is 6.08 Å². The van der Waals surface area contributed by atoms with Gasteiger partial charge in [-0.2, -0.15) is 14.0 Å². The van der Waals surface area contributed by atoms with Crippen molar-refractivity contribution in [3.8, 4) is 11.8 Å². The van der Waals surface area contributed by atoms with Crippen molar-refractivity contribution in [3.63, 3.8) is 0 Å². The molecule has 0 spiro atoms. The van der Waals surface area contributed by atoms with Gasteiger partial charge in [0, 0.05) is 6.08 Å². The number of thioether (sulfide) groups is 1. The zero-order valence-corrected chi connectivity index (χ0v) is 13.5. The molecule has 0 fully saturated rings. The van der Waals surface area contributed by atoms with E-state index >= 15 is 0 Å². The maximum absolute atomic E-state index is 12.5. The summed E-state index contributed by atoms with van der Waals surface area (Å²) in [6.07, 6.45) is 1.28. The Morgan fingerprint density at radius 2 is 2.12 bits per heavy atom. The van der Waals surface area contributed by atoms with Crippen LogP contribution in [-0.2, 0) is 5.75 Å². The van der Waals surface area contributed by atoms with E-state index < -0.39 is 11.5 Å². The summed E-state index contributed by atoms with van der Waals surface area (Å²) >= 11 is 0.434. The first-order valence-electron chi connectivity index (χ1n) is 6.83. The smallest absolute Gasteiger partial charge is 0.284 e. The molecule has 0 aliphatic heterocycles. The summed E-state index contributed by atoms with van der Waals surface area (Å²) < 4.78 is 34.8. The molecule has 0 saturated carbocycles. The predicted molar refractivity (Wildman–Crippen MR) is 86.9 cm³/mol. The highest BCUT2D eigenvalue weighted by Gasteiger charge is 2.17. The number of carbonyl (C=O) groups excluding carboxylic acids is 1. The van der Waals surface area contributed by atoms with Gasteiger partial charge in [0.2, 0.25) is 5.78 Å². The number of benzene rings is 1. The fourth-order valence-electron chi connectivity index (χ4n) is 1.96. The Hall–Kier alpha value is -2.59. The molecular weight excluding hydrogens is 336 g/mol. The fraction of sp³-hybridized carbons (Fsp3) is 0.176. The third-order valence-corrected chi connectivity index (χ3v) is 3.74. The van der Waals surface area contributed by atoms with E-state index in [0.29, 0.717) is 23.3 Å². The van der Waals surface area contributed by atoms with E-state index in [1.165, 1.54) is 25.3 Å². The summed E-state index contributed by atoms with van der Waals surface area (Å²) in [6, 6.07) is 11.4. The monoisotopic (exact) mass is 349 g/mol. The van der Waals surface area contributed by atoms with Crippen LogP contribution in [0.2, 0.25) is 0 Å². The Bertz CT molecular complexity index is 793. The molecule has 0 N–H and O–H groups in total. The molecule has 0 radical (unpaired) electrons. The van der Waals surface area contributed by atoms with Crippen LogP contribution in [0.15, 0.2) is 46.4 Å². The van der Waals surface area contributed by atoms with E-state index in [2.05, 4.69) is 0 Å². The van der Waals surface area contributed by atoms with Gasteiger partial charge in [0.05, 0.1) is 18.4 Å². The molecule has 1 aromatic carbocycles. The van der Waals surface area contributed by atoms with E-state index in [4.69, 9.17) is 9.15 Å². The molecule has 0 atom stereocenters. The van der Waals surface area contributed by atoms with Gasteiger partial charge in [-0.3, -0.25) is 4.79 Å². The van der Waals surface area contributed by atoms with Crippen LogP contribution < -0.4 is 4.74 Å². The van der Waals surface area contributed by atoms with Gasteiger partial charge in [0.25, 0.3) is 5.76 Å². The van der Waals surface area contributed by atoms with Crippen LogP contribution in [0.4, 0.5) is 8.78 Å². The number of nitriles is 1. The number of nitrogens with zero attached hydrogens (tertiary/aromatic N) is 1. The van der Waals surface area contributed by atoms with Gasteiger partial charge in [-0.1, -0.05) is 23.9 Å². The SMILES string of the molecule is COc1ccccc1C(=O)/C(C#N)=C/c1ccc(CSC(F)F)o1. The van der Waals surface area contributed by atoms with E-state index in [9.17, 15) is 18.8 Å². The van der Waals surface area contributed by atoms with Crippen LogP contribution in [0.1, 0.15) is 21.9 Å². The molecule has 0 aliphatic rings. The number of ketones is 1. The predicted octanol–water partition coefficient (Wildman–Crippen LogP) is 4.53. The Labute approximate surface area is 141 Å². The van der Waals surface area contributed by atoms with Gasteiger partial charge in [-0.05, 0) is 24.3 Å². The number of hydrogen-bond donors (Lipinski definition) is 0. The highest BCUT2D eigenvalue weighted by Crippen LogP contribution is 2.24. The summed E-state index contributed by atoms with van der Waals surface area (Å²) in [5.41, 5.74) is 0.120. The third kappa shape index (κ3) is 4.46. The van der Waals surface area contributed by atoms with Crippen molar-refractivity contribution < 1.29 is 22.7 Å². The van der Waals surface area contributed by atoms with Gasteiger partial charge in [0.1, 0.15) is 28.9 Å². The van der Waals surface area contributed by atoms with Crippen LogP contribution in [-0.4, -0.2) is 18.7 Å². The highest BCUT2D eigenvalue weighted by molar-refractivity contribution is 7.98. The van der Waals surface area contributed by atoms with Crippen molar-refractivity contribution >= 4 is 23.6 Å². The third-order valence-electron chi connectivity index (χ3n) is 3.04. The molecule has 0 bridgehead atoms. The minimum Gasteiger partial charge on any atom is -0.496 e. The quantitative estimate of drug-likeness (QED) is 0.417. The number of Topliss-reactive ketones (excluding diaryl/α,β-unsaturated/α-hetero) is 1. The lowest BCUT2D eigenvalue weighted by Crippen LogP contribution is -2.04. The molecule has 1 heterocycles. The van der Waals surface area contributed by atoms with Crippen molar-refractivity contribution in [1.29, 1.82) is 5.26 Å². The average Bonchev–Trinajstić information content (AvgIpc) is 3.04.